The van der Waals surface area contributed by atoms with Crippen LogP contribution in [-0.4, -0.2) is 54.3 Å². The van der Waals surface area contributed by atoms with Crippen LogP contribution in [0, 0.1) is 6.92 Å². The van der Waals surface area contributed by atoms with Gasteiger partial charge < -0.3 is 9.64 Å². The van der Waals surface area contributed by atoms with Crippen LogP contribution in [0.25, 0.3) is 0 Å². The number of hydrogen-bond donors (Lipinski definition) is 0. The molecule has 2 rings (SSSR count). The Morgan fingerprint density at radius 1 is 1.17 bits per heavy atom. The fourth-order valence-electron chi connectivity index (χ4n) is 2.33. The Morgan fingerprint density at radius 3 is 2.39 bits per heavy atom. The summed E-state index contributed by atoms with van der Waals surface area (Å²) in [4.78, 5) is 37.7. The van der Waals surface area contributed by atoms with Gasteiger partial charge in [-0.15, -0.1) is 0 Å². The van der Waals surface area contributed by atoms with Crippen LogP contribution in [0.5, 0.6) is 5.75 Å². The lowest BCUT2D eigenvalue weighted by Crippen LogP contribution is -2.36. The topological polar surface area (TPSA) is 66.9 Å². The van der Waals surface area contributed by atoms with Crippen LogP contribution in [0.1, 0.15) is 24.8 Å². The molecular weight excluding hydrogens is 296 g/mol. The van der Waals surface area contributed by atoms with E-state index in [0.29, 0.717) is 13.2 Å². The van der Waals surface area contributed by atoms with Gasteiger partial charge in [0.1, 0.15) is 12.4 Å². The number of ether oxygens (including phenoxy) is 1. The fraction of sp³-hybridized carbons (Fsp3) is 0.471. The third-order valence-corrected chi connectivity index (χ3v) is 3.85. The van der Waals surface area contributed by atoms with Crippen LogP contribution in [0.15, 0.2) is 24.3 Å². The molecule has 0 bridgehead atoms. The molecule has 124 valence electrons. The highest BCUT2D eigenvalue weighted by Crippen LogP contribution is 2.13. The predicted octanol–water partition coefficient (Wildman–Crippen LogP) is 1.37. The van der Waals surface area contributed by atoms with Crippen LogP contribution in [0.3, 0.4) is 0 Å². The summed E-state index contributed by atoms with van der Waals surface area (Å²) in [5, 5.41) is 0. The second kappa shape index (κ2) is 7.76. The van der Waals surface area contributed by atoms with Gasteiger partial charge in [-0.2, -0.15) is 0 Å². The van der Waals surface area contributed by atoms with E-state index < -0.39 is 0 Å². The fourth-order valence-corrected chi connectivity index (χ4v) is 2.33. The monoisotopic (exact) mass is 318 g/mol. The minimum absolute atomic E-state index is 0.106. The van der Waals surface area contributed by atoms with E-state index in [2.05, 4.69) is 0 Å². The zero-order valence-corrected chi connectivity index (χ0v) is 13.6. The smallest absolute Gasteiger partial charge is 0.229 e. The number of carbonyl (C=O) groups excluding carboxylic acids is 3. The molecule has 1 aromatic rings. The summed E-state index contributed by atoms with van der Waals surface area (Å²) < 4.78 is 5.58. The summed E-state index contributed by atoms with van der Waals surface area (Å²) >= 11 is 0. The Labute approximate surface area is 136 Å². The summed E-state index contributed by atoms with van der Waals surface area (Å²) in [6.45, 7) is 3.02. The van der Waals surface area contributed by atoms with E-state index >= 15 is 0 Å². The number of aryl methyl sites for hydroxylation is 1. The van der Waals surface area contributed by atoms with E-state index in [1.165, 1.54) is 4.90 Å². The molecule has 3 amide bonds. The van der Waals surface area contributed by atoms with Crippen molar-refractivity contribution in [3.05, 3.63) is 29.8 Å². The zero-order chi connectivity index (χ0) is 16.8. The number of imide groups is 1. The van der Waals surface area contributed by atoms with Gasteiger partial charge in [0.15, 0.2) is 0 Å². The molecule has 0 N–H and O–H groups in total. The highest BCUT2D eigenvalue weighted by molar-refractivity contribution is 6.02. The molecule has 23 heavy (non-hydrogen) atoms. The Morgan fingerprint density at radius 2 is 1.78 bits per heavy atom. The largest absolute Gasteiger partial charge is 0.492 e. The summed E-state index contributed by atoms with van der Waals surface area (Å²) in [7, 11) is 1.69. The molecule has 0 saturated carbocycles. The summed E-state index contributed by atoms with van der Waals surface area (Å²) in [5.74, 6) is 0.288. The Bertz CT molecular complexity index is 567. The molecule has 0 spiro atoms. The van der Waals surface area contributed by atoms with Gasteiger partial charge in [-0.05, 0) is 19.1 Å². The molecule has 6 nitrogen and oxygen atoms in total. The first kappa shape index (κ1) is 17.0. The molecule has 1 aliphatic rings. The molecular formula is C17H22N2O4. The minimum Gasteiger partial charge on any atom is -0.492 e. The summed E-state index contributed by atoms with van der Waals surface area (Å²) in [6.07, 6.45) is 0.666. The number of likely N-dealkylation sites (N-methyl/N-ethyl adjacent to an activating group) is 1. The molecule has 1 aromatic carbocycles. The molecule has 0 atom stereocenters. The maximum Gasteiger partial charge on any atom is 0.229 e. The molecule has 6 heteroatoms. The van der Waals surface area contributed by atoms with E-state index in [4.69, 9.17) is 4.74 Å². The summed E-state index contributed by atoms with van der Waals surface area (Å²) in [5.41, 5.74) is 1.16. The van der Waals surface area contributed by atoms with Gasteiger partial charge in [0.25, 0.3) is 0 Å². The molecule has 1 fully saturated rings. The standard InChI is InChI=1S/C17H22N2O4/c1-13-3-5-14(6-4-13)23-12-11-18(2)15(20)9-10-19-16(21)7-8-17(19)22/h3-6H,7-12H2,1-2H3. The van der Waals surface area contributed by atoms with Gasteiger partial charge >= 0.3 is 0 Å². The lowest BCUT2D eigenvalue weighted by Gasteiger charge is -2.19. The van der Waals surface area contributed by atoms with Crippen molar-refractivity contribution in [1.29, 1.82) is 0 Å². The Kier molecular flexibility index (Phi) is 5.73. The number of rotatable bonds is 7. The van der Waals surface area contributed by atoms with Crippen LogP contribution < -0.4 is 4.74 Å². The third-order valence-electron chi connectivity index (χ3n) is 3.85. The van der Waals surface area contributed by atoms with Gasteiger partial charge in [0.05, 0.1) is 6.54 Å². The number of hydrogen-bond acceptors (Lipinski definition) is 4. The van der Waals surface area contributed by atoms with Crippen molar-refractivity contribution < 1.29 is 19.1 Å². The first-order valence-corrected chi connectivity index (χ1v) is 7.74. The van der Waals surface area contributed by atoms with E-state index in [1.54, 1.807) is 11.9 Å². The van der Waals surface area contributed by atoms with E-state index in [0.717, 1.165) is 11.3 Å². The van der Waals surface area contributed by atoms with Crippen LogP contribution in [0.2, 0.25) is 0 Å². The van der Waals surface area contributed by atoms with Crippen LogP contribution >= 0.6 is 0 Å². The third kappa shape index (κ3) is 4.81. The van der Waals surface area contributed by atoms with E-state index in [-0.39, 0.29) is 43.5 Å². The van der Waals surface area contributed by atoms with Gasteiger partial charge in [0.2, 0.25) is 17.7 Å². The molecule has 0 radical (unpaired) electrons. The first-order chi connectivity index (χ1) is 11.0. The van der Waals surface area contributed by atoms with Gasteiger partial charge in [-0.25, -0.2) is 0 Å². The zero-order valence-electron chi connectivity index (χ0n) is 13.6. The number of likely N-dealkylation sites (tertiary alicyclic amines) is 1. The minimum atomic E-state index is -0.187. The highest BCUT2D eigenvalue weighted by Gasteiger charge is 2.29. The van der Waals surface area contributed by atoms with Crippen molar-refractivity contribution in [3.63, 3.8) is 0 Å². The van der Waals surface area contributed by atoms with Gasteiger partial charge in [0, 0.05) is 32.9 Å². The molecule has 1 aliphatic heterocycles. The Hall–Kier alpha value is -2.37. The van der Waals surface area contributed by atoms with Crippen molar-refractivity contribution in [2.45, 2.75) is 26.2 Å². The molecule has 0 unspecified atom stereocenters. The number of nitrogens with zero attached hydrogens (tertiary/aromatic N) is 2. The molecule has 0 aromatic heterocycles. The number of benzene rings is 1. The predicted molar refractivity (Wildman–Crippen MR) is 84.9 cm³/mol. The Balaban J connectivity index is 1.69. The second-order valence-corrected chi connectivity index (χ2v) is 5.67. The molecule has 0 aliphatic carbocycles. The molecule has 1 heterocycles. The van der Waals surface area contributed by atoms with Crippen molar-refractivity contribution in [3.8, 4) is 5.75 Å². The maximum atomic E-state index is 12.0. The summed E-state index contributed by atoms with van der Waals surface area (Å²) in [6, 6.07) is 7.71. The lowest BCUT2D eigenvalue weighted by molar-refractivity contribution is -0.139. The van der Waals surface area contributed by atoms with Crippen molar-refractivity contribution in [1.82, 2.24) is 9.80 Å². The average Bonchev–Trinajstić information content (AvgIpc) is 2.85. The van der Waals surface area contributed by atoms with Crippen LogP contribution in [0.4, 0.5) is 0 Å². The van der Waals surface area contributed by atoms with Crippen molar-refractivity contribution in [2.24, 2.45) is 0 Å². The quantitative estimate of drug-likeness (QED) is 0.712. The second-order valence-electron chi connectivity index (χ2n) is 5.67. The average molecular weight is 318 g/mol. The van der Waals surface area contributed by atoms with Crippen LogP contribution in [-0.2, 0) is 14.4 Å². The van der Waals surface area contributed by atoms with Crippen molar-refractivity contribution in [2.75, 3.05) is 26.7 Å². The maximum absolute atomic E-state index is 12.0. The first-order valence-electron chi connectivity index (χ1n) is 7.74. The number of amides is 3. The normalized spacial score (nSPS) is 14.3. The van der Waals surface area contributed by atoms with E-state index in [9.17, 15) is 14.4 Å². The highest BCUT2D eigenvalue weighted by atomic mass is 16.5. The molecule has 1 saturated heterocycles. The van der Waals surface area contributed by atoms with Crippen molar-refractivity contribution >= 4 is 17.7 Å². The number of carbonyl (C=O) groups is 3. The van der Waals surface area contributed by atoms with E-state index in [1.807, 2.05) is 31.2 Å². The van der Waals surface area contributed by atoms with Gasteiger partial charge in [-0.1, -0.05) is 17.7 Å². The SMILES string of the molecule is Cc1ccc(OCCN(C)C(=O)CCN2C(=O)CCC2=O)cc1. The van der Waals surface area contributed by atoms with Gasteiger partial charge in [-0.3, -0.25) is 19.3 Å². The lowest BCUT2D eigenvalue weighted by atomic mass is 10.2.